The number of nitrogens with zero attached hydrogens (tertiary/aromatic N) is 1. The van der Waals surface area contributed by atoms with E-state index < -0.39 is 12.8 Å². The number of ether oxygens (including phenoxy) is 1. The molecule has 0 amide bonds. The van der Waals surface area contributed by atoms with Crippen LogP contribution in [0.4, 0.5) is 13.2 Å². The number of halogens is 3. The van der Waals surface area contributed by atoms with E-state index in [2.05, 4.69) is 9.72 Å². The van der Waals surface area contributed by atoms with Crippen LogP contribution in [0.5, 0.6) is 0 Å². The van der Waals surface area contributed by atoms with E-state index in [0.29, 0.717) is 0 Å². The topological polar surface area (TPSA) is 39.2 Å². The summed E-state index contributed by atoms with van der Waals surface area (Å²) in [5, 5.41) is 0. The Bertz CT molecular complexity index is 391. The van der Waals surface area contributed by atoms with Gasteiger partial charge in [-0.15, -0.1) is 0 Å². The van der Waals surface area contributed by atoms with Gasteiger partial charge in [-0.2, -0.15) is 13.2 Å². The molecule has 1 aromatic heterocycles. The van der Waals surface area contributed by atoms with E-state index in [4.69, 9.17) is 0 Å². The number of aryl methyl sites for hydroxylation is 1. The van der Waals surface area contributed by atoms with Crippen molar-refractivity contribution in [2.45, 2.75) is 19.5 Å². The molecule has 1 aromatic rings. The summed E-state index contributed by atoms with van der Waals surface area (Å²) in [6.45, 7) is 0.216. The van der Waals surface area contributed by atoms with Gasteiger partial charge >= 0.3 is 6.18 Å². The predicted octanol–water partition coefficient (Wildman–Crippen LogP) is 2.54. The van der Waals surface area contributed by atoms with E-state index in [1.165, 1.54) is 6.20 Å². The van der Waals surface area contributed by atoms with Crippen LogP contribution >= 0.6 is 0 Å². The standard InChI is InChI=1S/C11H12F3NO2/c1-8-2-4-15-9(6-8)10(16)3-5-17-7-11(12,13)14/h2,4,6H,3,5,7H2,1H3. The maximum Gasteiger partial charge on any atom is 0.411 e. The summed E-state index contributed by atoms with van der Waals surface area (Å²) in [5.74, 6) is -0.323. The average molecular weight is 247 g/mol. The van der Waals surface area contributed by atoms with E-state index in [1.54, 1.807) is 19.1 Å². The SMILES string of the molecule is Cc1ccnc(C(=O)CCOCC(F)(F)F)c1. The first-order valence-corrected chi connectivity index (χ1v) is 4.99. The molecular formula is C11H12F3NO2. The van der Waals surface area contributed by atoms with Crippen molar-refractivity contribution >= 4 is 5.78 Å². The molecule has 0 aromatic carbocycles. The smallest absolute Gasteiger partial charge is 0.372 e. The van der Waals surface area contributed by atoms with Gasteiger partial charge in [0.05, 0.1) is 6.61 Å². The molecule has 94 valence electrons. The highest BCUT2D eigenvalue weighted by molar-refractivity contribution is 5.94. The first-order valence-electron chi connectivity index (χ1n) is 4.99. The van der Waals surface area contributed by atoms with Crippen molar-refractivity contribution in [3.8, 4) is 0 Å². The van der Waals surface area contributed by atoms with E-state index in [9.17, 15) is 18.0 Å². The number of rotatable bonds is 5. The van der Waals surface area contributed by atoms with Crippen molar-refractivity contribution < 1.29 is 22.7 Å². The molecule has 0 aliphatic heterocycles. The second-order valence-corrected chi connectivity index (χ2v) is 3.56. The lowest BCUT2D eigenvalue weighted by Gasteiger charge is -2.06. The molecule has 1 rings (SSSR count). The van der Waals surface area contributed by atoms with Crippen LogP contribution < -0.4 is 0 Å². The van der Waals surface area contributed by atoms with Gasteiger partial charge in [-0.05, 0) is 24.6 Å². The average Bonchev–Trinajstić information content (AvgIpc) is 2.23. The Balaban J connectivity index is 2.36. The summed E-state index contributed by atoms with van der Waals surface area (Å²) < 4.78 is 39.5. The molecule has 0 spiro atoms. The third-order valence-corrected chi connectivity index (χ3v) is 1.94. The molecule has 0 N–H and O–H groups in total. The van der Waals surface area contributed by atoms with Crippen LogP contribution in [0.25, 0.3) is 0 Å². The van der Waals surface area contributed by atoms with Crippen molar-refractivity contribution in [1.82, 2.24) is 4.98 Å². The monoisotopic (exact) mass is 247 g/mol. The van der Waals surface area contributed by atoms with Crippen molar-refractivity contribution in [3.63, 3.8) is 0 Å². The number of alkyl halides is 3. The summed E-state index contributed by atoms with van der Waals surface area (Å²) in [7, 11) is 0. The Hall–Kier alpha value is -1.43. The Morgan fingerprint density at radius 1 is 1.47 bits per heavy atom. The Morgan fingerprint density at radius 3 is 2.76 bits per heavy atom. The molecule has 6 heteroatoms. The van der Waals surface area contributed by atoms with E-state index in [1.807, 2.05) is 0 Å². The minimum Gasteiger partial charge on any atom is -0.372 e. The van der Waals surface area contributed by atoms with Gasteiger partial charge in [0, 0.05) is 12.6 Å². The number of ketones is 1. The fourth-order valence-corrected chi connectivity index (χ4v) is 1.17. The lowest BCUT2D eigenvalue weighted by molar-refractivity contribution is -0.173. The molecule has 0 bridgehead atoms. The highest BCUT2D eigenvalue weighted by Gasteiger charge is 2.27. The number of pyridine rings is 1. The largest absolute Gasteiger partial charge is 0.411 e. The minimum atomic E-state index is -4.36. The molecule has 0 unspecified atom stereocenters. The fraction of sp³-hybridized carbons (Fsp3) is 0.455. The lowest BCUT2D eigenvalue weighted by atomic mass is 10.1. The van der Waals surface area contributed by atoms with Gasteiger partial charge in [0.15, 0.2) is 5.78 Å². The normalized spacial score (nSPS) is 11.5. The van der Waals surface area contributed by atoms with Gasteiger partial charge in [-0.3, -0.25) is 9.78 Å². The van der Waals surface area contributed by atoms with Gasteiger partial charge in [0.1, 0.15) is 12.3 Å². The molecule has 0 aliphatic rings. The van der Waals surface area contributed by atoms with Crippen LogP contribution in [0, 0.1) is 6.92 Å². The fourth-order valence-electron chi connectivity index (χ4n) is 1.17. The molecule has 0 aliphatic carbocycles. The second-order valence-electron chi connectivity index (χ2n) is 3.56. The highest BCUT2D eigenvalue weighted by Crippen LogP contribution is 2.14. The number of hydrogen-bond acceptors (Lipinski definition) is 3. The molecular weight excluding hydrogens is 235 g/mol. The third-order valence-electron chi connectivity index (χ3n) is 1.94. The van der Waals surface area contributed by atoms with Crippen molar-refractivity contribution in [2.24, 2.45) is 0 Å². The highest BCUT2D eigenvalue weighted by atomic mass is 19.4. The summed E-state index contributed by atoms with van der Waals surface area (Å²) in [6.07, 6.45) is -2.98. The maximum atomic E-state index is 11.7. The molecule has 17 heavy (non-hydrogen) atoms. The Labute approximate surface area is 96.6 Å². The molecule has 0 radical (unpaired) electrons. The number of hydrogen-bond donors (Lipinski definition) is 0. The lowest BCUT2D eigenvalue weighted by Crippen LogP contribution is -2.18. The number of carbonyl (C=O) groups is 1. The predicted molar refractivity (Wildman–Crippen MR) is 54.8 cm³/mol. The Morgan fingerprint density at radius 2 is 2.18 bits per heavy atom. The van der Waals surface area contributed by atoms with Gasteiger partial charge in [-0.25, -0.2) is 0 Å². The second kappa shape index (κ2) is 5.77. The quantitative estimate of drug-likeness (QED) is 0.593. The zero-order valence-electron chi connectivity index (χ0n) is 9.25. The third kappa shape index (κ3) is 5.44. The molecule has 3 nitrogen and oxygen atoms in total. The van der Waals surface area contributed by atoms with E-state index in [-0.39, 0.29) is 24.5 Å². The van der Waals surface area contributed by atoms with E-state index in [0.717, 1.165) is 5.56 Å². The summed E-state index contributed by atoms with van der Waals surface area (Å²) in [5.41, 5.74) is 1.13. The van der Waals surface area contributed by atoms with Crippen LogP contribution in [-0.4, -0.2) is 30.2 Å². The number of carbonyl (C=O) groups excluding carboxylic acids is 1. The molecule has 0 saturated heterocycles. The molecule has 0 atom stereocenters. The summed E-state index contributed by atoms with van der Waals surface area (Å²) >= 11 is 0. The van der Waals surface area contributed by atoms with Crippen molar-refractivity contribution in [1.29, 1.82) is 0 Å². The zero-order chi connectivity index (χ0) is 12.9. The van der Waals surface area contributed by atoms with Gasteiger partial charge in [-0.1, -0.05) is 0 Å². The van der Waals surface area contributed by atoms with Crippen LogP contribution in [0.2, 0.25) is 0 Å². The minimum absolute atomic E-state index is 0.105. The molecule has 0 saturated carbocycles. The van der Waals surface area contributed by atoms with Gasteiger partial charge in [0.2, 0.25) is 0 Å². The number of Topliss-reactive ketones (excluding diaryl/α,β-unsaturated/α-hetero) is 1. The number of aromatic nitrogens is 1. The van der Waals surface area contributed by atoms with Crippen molar-refractivity contribution in [3.05, 3.63) is 29.6 Å². The maximum absolute atomic E-state index is 11.7. The van der Waals surface area contributed by atoms with Gasteiger partial charge < -0.3 is 4.74 Å². The Kier molecular flexibility index (Phi) is 4.62. The van der Waals surface area contributed by atoms with Crippen LogP contribution in [0.1, 0.15) is 22.5 Å². The van der Waals surface area contributed by atoms with E-state index >= 15 is 0 Å². The zero-order valence-corrected chi connectivity index (χ0v) is 9.25. The van der Waals surface area contributed by atoms with Crippen LogP contribution in [-0.2, 0) is 4.74 Å². The molecule has 0 fully saturated rings. The van der Waals surface area contributed by atoms with Crippen LogP contribution in [0.3, 0.4) is 0 Å². The molecule has 1 heterocycles. The van der Waals surface area contributed by atoms with Gasteiger partial charge in [0.25, 0.3) is 0 Å². The first kappa shape index (κ1) is 13.6. The summed E-state index contributed by atoms with van der Waals surface area (Å²) in [4.78, 5) is 15.3. The first-order chi connectivity index (χ1) is 7.88. The summed E-state index contributed by atoms with van der Waals surface area (Å²) in [6, 6.07) is 3.32. The van der Waals surface area contributed by atoms with Crippen molar-refractivity contribution in [2.75, 3.05) is 13.2 Å². The van der Waals surface area contributed by atoms with Crippen LogP contribution in [0.15, 0.2) is 18.3 Å².